The van der Waals surface area contributed by atoms with Crippen LogP contribution in [0.1, 0.15) is 49.9 Å². The fraction of sp³-hybridized carbons (Fsp3) is 0.333. The van der Waals surface area contributed by atoms with Gasteiger partial charge in [-0.2, -0.15) is 0 Å². The molecule has 0 bridgehead atoms. The Labute approximate surface area is 276 Å². The Morgan fingerprint density at radius 1 is 0.511 bits per heavy atom. The van der Waals surface area contributed by atoms with Crippen molar-refractivity contribution in [2.75, 3.05) is 26.4 Å². The summed E-state index contributed by atoms with van der Waals surface area (Å²) in [4.78, 5) is 23.5. The molecule has 2 atom stereocenters. The molecule has 4 aromatic carbocycles. The zero-order valence-corrected chi connectivity index (χ0v) is 27.4. The number of esters is 2. The first-order chi connectivity index (χ1) is 22.6. The van der Waals surface area contributed by atoms with Gasteiger partial charge in [-0.1, -0.05) is 113 Å². The van der Waals surface area contributed by atoms with Gasteiger partial charge in [0.1, 0.15) is 50.1 Å². The van der Waals surface area contributed by atoms with Crippen LogP contribution < -0.4 is 9.47 Å². The molecule has 8 nitrogen and oxygen atoms in total. The van der Waals surface area contributed by atoms with Crippen molar-refractivity contribution in [2.24, 2.45) is 11.8 Å². The molecule has 248 valence electrons. The van der Waals surface area contributed by atoms with Crippen molar-refractivity contribution >= 4 is 11.9 Å². The van der Waals surface area contributed by atoms with Crippen LogP contribution >= 0.6 is 0 Å². The van der Waals surface area contributed by atoms with Crippen molar-refractivity contribution < 1.29 is 38.7 Å². The van der Waals surface area contributed by atoms with Gasteiger partial charge in [-0.25, -0.2) is 0 Å². The highest BCUT2D eigenvalue weighted by molar-refractivity contribution is 5.71. The normalized spacial score (nSPS) is 12.8. The van der Waals surface area contributed by atoms with Gasteiger partial charge in [-0.05, 0) is 46.5 Å². The van der Waals surface area contributed by atoms with E-state index in [1.54, 1.807) is 27.7 Å². The fourth-order valence-corrected chi connectivity index (χ4v) is 5.15. The van der Waals surface area contributed by atoms with Crippen LogP contribution in [0.2, 0.25) is 0 Å². The average Bonchev–Trinajstić information content (AvgIpc) is 3.09. The van der Waals surface area contributed by atoms with Gasteiger partial charge in [0.2, 0.25) is 0 Å². The van der Waals surface area contributed by atoms with E-state index >= 15 is 0 Å². The molecule has 0 spiro atoms. The quantitative estimate of drug-likeness (QED) is 0.114. The van der Waals surface area contributed by atoms with Crippen molar-refractivity contribution in [3.05, 3.63) is 131 Å². The number of carbonyl (C=O) groups is 2. The molecule has 0 aliphatic carbocycles. The van der Waals surface area contributed by atoms with Crippen molar-refractivity contribution in [3.8, 4) is 11.5 Å². The second-order valence-electron chi connectivity index (χ2n) is 12.0. The Morgan fingerprint density at radius 3 is 1.15 bits per heavy atom. The molecular weight excluding hydrogens is 596 g/mol. The predicted molar refractivity (Wildman–Crippen MR) is 179 cm³/mol. The lowest BCUT2D eigenvalue weighted by molar-refractivity contribution is -0.151. The number of hydrogen-bond acceptors (Lipinski definition) is 8. The third kappa shape index (κ3) is 9.21. The van der Waals surface area contributed by atoms with Crippen LogP contribution in [0.5, 0.6) is 11.5 Å². The molecule has 0 aromatic heterocycles. The molecule has 0 amide bonds. The zero-order valence-electron chi connectivity index (χ0n) is 27.4. The minimum absolute atomic E-state index is 0.0243. The summed E-state index contributed by atoms with van der Waals surface area (Å²) < 4.78 is 21.9. The summed E-state index contributed by atoms with van der Waals surface area (Å²) in [6, 6.07) is 36.0. The Bertz CT molecular complexity index is 1410. The van der Waals surface area contributed by atoms with Crippen LogP contribution in [0.4, 0.5) is 0 Å². The van der Waals surface area contributed by atoms with Gasteiger partial charge in [0.05, 0.1) is 17.3 Å². The first-order valence-corrected chi connectivity index (χ1v) is 15.9. The lowest BCUT2D eigenvalue weighted by atomic mass is 9.65. The van der Waals surface area contributed by atoms with Crippen LogP contribution in [-0.4, -0.2) is 60.8 Å². The maximum atomic E-state index is 11.7. The van der Waals surface area contributed by atoms with Gasteiger partial charge >= 0.3 is 11.9 Å². The smallest absolute Gasteiger partial charge is 0.308 e. The number of rotatable bonds is 16. The van der Waals surface area contributed by atoms with E-state index in [1.165, 1.54) is 0 Å². The maximum absolute atomic E-state index is 11.7. The summed E-state index contributed by atoms with van der Waals surface area (Å²) >= 11 is 0. The molecule has 0 saturated carbocycles. The fourth-order valence-electron chi connectivity index (χ4n) is 5.15. The van der Waals surface area contributed by atoms with E-state index in [9.17, 15) is 19.8 Å². The summed E-state index contributed by atoms with van der Waals surface area (Å²) in [5.41, 5.74) is 3.38. The van der Waals surface area contributed by atoms with Gasteiger partial charge in [0, 0.05) is 0 Å². The highest BCUT2D eigenvalue weighted by Crippen LogP contribution is 2.45. The monoisotopic (exact) mass is 640 g/mol. The third-order valence-corrected chi connectivity index (χ3v) is 7.65. The van der Waals surface area contributed by atoms with E-state index in [0.717, 1.165) is 22.3 Å². The number of hydrogen-bond donors (Lipinski definition) is 2. The van der Waals surface area contributed by atoms with E-state index in [2.05, 4.69) is 24.3 Å². The van der Waals surface area contributed by atoms with Crippen LogP contribution in [0, 0.1) is 11.8 Å². The molecule has 0 radical (unpaired) electrons. The minimum atomic E-state index is -0.956. The second kappa shape index (κ2) is 16.8. The average molecular weight is 641 g/mol. The lowest BCUT2D eigenvalue weighted by Crippen LogP contribution is -2.31. The lowest BCUT2D eigenvalue weighted by Gasteiger charge is -2.37. The largest absolute Gasteiger partial charge is 0.491 e. The Kier molecular flexibility index (Phi) is 12.6. The Hall–Kier alpha value is -4.66. The van der Waals surface area contributed by atoms with Crippen LogP contribution in [0.25, 0.3) is 0 Å². The van der Waals surface area contributed by atoms with Crippen molar-refractivity contribution in [1.29, 1.82) is 0 Å². The van der Waals surface area contributed by atoms with Crippen molar-refractivity contribution in [3.63, 3.8) is 0 Å². The molecule has 2 N–H and O–H groups in total. The molecule has 0 saturated heterocycles. The van der Waals surface area contributed by atoms with Crippen LogP contribution in [-0.2, 0) is 24.5 Å². The minimum Gasteiger partial charge on any atom is -0.491 e. The number of aliphatic hydroxyl groups is 2. The molecule has 2 unspecified atom stereocenters. The van der Waals surface area contributed by atoms with Crippen molar-refractivity contribution in [2.45, 2.75) is 45.3 Å². The first kappa shape index (κ1) is 35.2. The van der Waals surface area contributed by atoms with Gasteiger partial charge in [0.25, 0.3) is 0 Å². The molecule has 47 heavy (non-hydrogen) atoms. The molecular formula is C39H44O8. The maximum Gasteiger partial charge on any atom is 0.308 e. The van der Waals surface area contributed by atoms with Crippen molar-refractivity contribution in [1.82, 2.24) is 0 Å². The molecule has 4 aromatic rings. The summed E-state index contributed by atoms with van der Waals surface area (Å²) in [5.74, 6) is -0.135. The summed E-state index contributed by atoms with van der Waals surface area (Å²) in [5, 5.41) is 20.6. The highest BCUT2D eigenvalue weighted by Gasteiger charge is 2.38. The first-order valence-electron chi connectivity index (χ1n) is 15.9. The zero-order chi connectivity index (χ0) is 33.8. The van der Waals surface area contributed by atoms with Gasteiger partial charge in [0.15, 0.2) is 0 Å². The number of aliphatic hydroxyl groups excluding tert-OH is 2. The SMILES string of the molecule is CC(C)C(=O)OCC(O)COc1ccc(C(c2ccccc2)(c2ccccc2)c2ccc(OCC(O)COC(=O)C(C)C)cc2)cc1. The molecule has 0 aliphatic rings. The van der Waals surface area contributed by atoms with E-state index in [4.69, 9.17) is 18.9 Å². The standard InChI is InChI=1S/C39H44O8/c1-27(2)37(42)46-25-33(40)23-44-35-19-15-31(16-20-35)39(29-11-7-5-8-12-29,30-13-9-6-10-14-30)32-17-21-36(22-18-32)45-24-34(41)26-47-38(43)28(3)4/h5-22,27-28,33-34,40-41H,23-26H2,1-4H3. The van der Waals surface area contributed by atoms with Gasteiger partial charge in [-0.3, -0.25) is 9.59 Å². The van der Waals surface area contributed by atoms with E-state index < -0.39 is 17.6 Å². The summed E-state index contributed by atoms with van der Waals surface area (Å²) in [6.07, 6.45) is -1.91. The summed E-state index contributed by atoms with van der Waals surface area (Å²) in [6.45, 7) is 6.64. The second-order valence-corrected chi connectivity index (χ2v) is 12.0. The van der Waals surface area contributed by atoms with Gasteiger partial charge in [-0.15, -0.1) is 0 Å². The topological polar surface area (TPSA) is 112 Å². The van der Waals surface area contributed by atoms with Crippen LogP contribution in [0.15, 0.2) is 109 Å². The molecule has 0 aliphatic heterocycles. The van der Waals surface area contributed by atoms with Gasteiger partial charge < -0.3 is 29.2 Å². The third-order valence-electron chi connectivity index (χ3n) is 7.65. The predicted octanol–water partition coefficient (Wildman–Crippen LogP) is 5.95. The molecule has 8 heteroatoms. The highest BCUT2D eigenvalue weighted by atomic mass is 16.6. The van der Waals surface area contributed by atoms with E-state index in [0.29, 0.717) is 11.5 Å². The molecule has 0 fully saturated rings. The number of benzene rings is 4. The van der Waals surface area contributed by atoms with E-state index in [-0.39, 0.29) is 50.2 Å². The Morgan fingerprint density at radius 2 is 0.830 bits per heavy atom. The Balaban J connectivity index is 1.60. The van der Waals surface area contributed by atoms with E-state index in [1.807, 2.05) is 84.9 Å². The molecule has 4 rings (SSSR count). The molecule has 0 heterocycles. The van der Waals surface area contributed by atoms with Crippen LogP contribution in [0.3, 0.4) is 0 Å². The summed E-state index contributed by atoms with van der Waals surface area (Å²) in [7, 11) is 0. The number of ether oxygens (including phenoxy) is 4. The number of carbonyl (C=O) groups excluding carboxylic acids is 2.